The molecular formula is C21H17FN4O4S. The van der Waals surface area contributed by atoms with Gasteiger partial charge in [-0.3, -0.25) is 23.4 Å². The summed E-state index contributed by atoms with van der Waals surface area (Å²) in [6.45, 7) is 1.77. The number of thiazole rings is 1. The maximum absolute atomic E-state index is 13.1. The van der Waals surface area contributed by atoms with Gasteiger partial charge in [-0.25, -0.2) is 9.18 Å². The zero-order chi connectivity index (χ0) is 22.1. The molecule has 8 nitrogen and oxygen atoms in total. The number of aromatic nitrogens is 3. The van der Waals surface area contributed by atoms with Crippen LogP contribution in [-0.4, -0.2) is 19.9 Å². The number of benzene rings is 1. The van der Waals surface area contributed by atoms with Crippen LogP contribution in [0.1, 0.15) is 26.4 Å². The van der Waals surface area contributed by atoms with Crippen LogP contribution in [0.4, 0.5) is 4.39 Å². The normalized spacial score (nSPS) is 11.0. The Hall–Kier alpha value is -3.79. The average molecular weight is 440 g/mol. The molecule has 158 valence electrons. The Morgan fingerprint density at radius 3 is 2.48 bits per heavy atom. The predicted octanol–water partition coefficient (Wildman–Crippen LogP) is 1.64. The molecule has 0 spiro atoms. The van der Waals surface area contributed by atoms with Crippen LogP contribution < -0.4 is 22.1 Å². The zero-order valence-electron chi connectivity index (χ0n) is 16.3. The fourth-order valence-electron chi connectivity index (χ4n) is 3.10. The van der Waals surface area contributed by atoms with E-state index in [1.807, 2.05) is 0 Å². The Bertz CT molecular complexity index is 1440. The number of nitrogens with one attached hydrogen (secondary N) is 2. The number of aryl methyl sites for hydroxylation is 1. The fourth-order valence-corrected chi connectivity index (χ4v) is 4.11. The van der Waals surface area contributed by atoms with E-state index >= 15 is 0 Å². The molecule has 0 saturated heterocycles. The van der Waals surface area contributed by atoms with Crippen molar-refractivity contribution in [2.75, 3.05) is 0 Å². The van der Waals surface area contributed by atoms with E-state index in [1.165, 1.54) is 47.1 Å². The Morgan fingerprint density at radius 1 is 1.10 bits per heavy atom. The Balaban J connectivity index is 1.65. The third-order valence-corrected chi connectivity index (χ3v) is 5.98. The largest absolute Gasteiger partial charge is 0.347 e. The van der Waals surface area contributed by atoms with Gasteiger partial charge >= 0.3 is 5.69 Å². The van der Waals surface area contributed by atoms with Gasteiger partial charge in [-0.15, -0.1) is 11.3 Å². The lowest BCUT2D eigenvalue weighted by molar-refractivity contribution is 0.0954. The number of amides is 1. The van der Waals surface area contributed by atoms with Crippen LogP contribution in [0.3, 0.4) is 0 Å². The van der Waals surface area contributed by atoms with Crippen LogP contribution in [0.5, 0.6) is 0 Å². The van der Waals surface area contributed by atoms with Crippen molar-refractivity contribution in [1.82, 2.24) is 19.3 Å². The number of aromatic amines is 1. The summed E-state index contributed by atoms with van der Waals surface area (Å²) in [5, 5.41) is 2.72. The number of carbonyl (C=O) groups is 1. The number of rotatable bonds is 5. The molecule has 0 fully saturated rings. The third kappa shape index (κ3) is 4.10. The molecule has 0 aliphatic carbocycles. The van der Waals surface area contributed by atoms with Gasteiger partial charge in [-0.05, 0) is 30.2 Å². The highest BCUT2D eigenvalue weighted by atomic mass is 32.1. The van der Waals surface area contributed by atoms with Gasteiger partial charge in [0.05, 0.1) is 6.54 Å². The number of halogens is 1. The van der Waals surface area contributed by atoms with Crippen molar-refractivity contribution in [3.63, 3.8) is 0 Å². The van der Waals surface area contributed by atoms with Crippen LogP contribution in [0.15, 0.2) is 63.2 Å². The van der Waals surface area contributed by atoms with E-state index < -0.39 is 23.0 Å². The van der Waals surface area contributed by atoms with Crippen LogP contribution in [0.2, 0.25) is 0 Å². The summed E-state index contributed by atoms with van der Waals surface area (Å²) in [5.74, 6) is -0.814. The second-order valence-electron chi connectivity index (χ2n) is 6.94. The molecule has 0 aliphatic rings. The highest BCUT2D eigenvalue weighted by molar-refractivity contribution is 7.19. The van der Waals surface area contributed by atoms with Crippen molar-refractivity contribution < 1.29 is 9.18 Å². The number of nitrogens with zero attached hydrogens (tertiary/aromatic N) is 2. The molecule has 1 amide bonds. The quantitative estimate of drug-likeness (QED) is 0.492. The molecule has 2 N–H and O–H groups in total. The lowest BCUT2D eigenvalue weighted by Gasteiger charge is -2.07. The molecule has 4 aromatic rings. The zero-order valence-corrected chi connectivity index (χ0v) is 17.2. The van der Waals surface area contributed by atoms with Gasteiger partial charge in [-0.2, -0.15) is 0 Å². The van der Waals surface area contributed by atoms with Crippen molar-refractivity contribution in [2.24, 2.45) is 0 Å². The minimum atomic E-state index is -0.578. The highest BCUT2D eigenvalue weighted by Crippen LogP contribution is 2.18. The van der Waals surface area contributed by atoms with E-state index in [0.717, 1.165) is 15.9 Å². The van der Waals surface area contributed by atoms with E-state index in [2.05, 4.69) is 10.3 Å². The summed E-state index contributed by atoms with van der Waals surface area (Å²) >= 11 is 1.05. The molecule has 0 atom stereocenters. The molecule has 0 saturated carbocycles. The fraction of sp³-hybridized carbons (Fsp3) is 0.143. The summed E-state index contributed by atoms with van der Waals surface area (Å²) in [7, 11) is 0. The number of hydrogen-bond acceptors (Lipinski definition) is 5. The van der Waals surface area contributed by atoms with E-state index in [4.69, 9.17) is 0 Å². The number of fused-ring (bicyclic) bond motifs is 1. The molecule has 3 aromatic heterocycles. The third-order valence-electron chi connectivity index (χ3n) is 4.77. The molecule has 1 aromatic carbocycles. The maximum atomic E-state index is 13.1. The average Bonchev–Trinajstić information content (AvgIpc) is 3.22. The van der Waals surface area contributed by atoms with Gasteiger partial charge in [0, 0.05) is 30.6 Å². The molecule has 10 heteroatoms. The SMILES string of the molecule is Cc1c(=O)n(Cc2ccc(F)cc2)c(=O)n2cc(C(=O)NCc3ccc(=O)[nH]c3)sc12. The first kappa shape index (κ1) is 20.5. The number of carbonyl (C=O) groups excluding carboxylic acids is 1. The summed E-state index contributed by atoms with van der Waals surface area (Å²) in [4.78, 5) is 52.5. The highest BCUT2D eigenvalue weighted by Gasteiger charge is 2.17. The van der Waals surface area contributed by atoms with E-state index in [1.54, 1.807) is 13.0 Å². The van der Waals surface area contributed by atoms with Crippen molar-refractivity contribution >= 4 is 22.1 Å². The molecule has 0 bridgehead atoms. The molecular weight excluding hydrogens is 423 g/mol. The van der Waals surface area contributed by atoms with Crippen LogP contribution in [0.25, 0.3) is 4.83 Å². The summed E-state index contributed by atoms with van der Waals surface area (Å²) in [6.07, 6.45) is 2.91. The van der Waals surface area contributed by atoms with Gasteiger partial charge in [0.1, 0.15) is 15.5 Å². The maximum Gasteiger partial charge on any atom is 0.336 e. The van der Waals surface area contributed by atoms with Gasteiger partial charge < -0.3 is 10.3 Å². The standard InChI is InChI=1S/C21H17FN4O4S/c1-12-19(29)25(10-13-2-5-15(22)6-3-13)21(30)26-11-16(31-20(12)26)18(28)24-9-14-4-7-17(27)23-8-14/h2-8,11H,9-10H2,1H3,(H,23,27)(H,24,28). The number of pyridine rings is 1. The summed E-state index contributed by atoms with van der Waals surface area (Å²) in [5.41, 5.74) is 0.376. The Kier molecular flexibility index (Phi) is 5.38. The van der Waals surface area contributed by atoms with Gasteiger partial charge in [-0.1, -0.05) is 18.2 Å². The second-order valence-corrected chi connectivity index (χ2v) is 7.97. The minimum absolute atomic E-state index is 0.00862. The second kappa shape index (κ2) is 8.15. The molecule has 0 unspecified atom stereocenters. The molecule has 3 heterocycles. The Labute approximate surface area is 178 Å². The lowest BCUT2D eigenvalue weighted by Crippen LogP contribution is -2.38. The smallest absolute Gasteiger partial charge is 0.336 e. The monoisotopic (exact) mass is 440 g/mol. The van der Waals surface area contributed by atoms with Crippen LogP contribution in [0, 0.1) is 12.7 Å². The van der Waals surface area contributed by atoms with Crippen molar-refractivity contribution in [3.8, 4) is 0 Å². The summed E-state index contributed by atoms with van der Waals surface area (Å²) in [6, 6.07) is 8.50. The van der Waals surface area contributed by atoms with Gasteiger partial charge in [0.15, 0.2) is 0 Å². The molecule has 4 rings (SSSR count). The van der Waals surface area contributed by atoms with Crippen LogP contribution in [-0.2, 0) is 13.1 Å². The number of H-pyrrole nitrogens is 1. The predicted molar refractivity (Wildman–Crippen MR) is 114 cm³/mol. The molecule has 31 heavy (non-hydrogen) atoms. The van der Waals surface area contributed by atoms with E-state index in [0.29, 0.717) is 21.5 Å². The lowest BCUT2D eigenvalue weighted by atomic mass is 10.2. The van der Waals surface area contributed by atoms with Crippen molar-refractivity contribution in [1.29, 1.82) is 0 Å². The minimum Gasteiger partial charge on any atom is -0.347 e. The van der Waals surface area contributed by atoms with Gasteiger partial charge in [0.25, 0.3) is 11.5 Å². The van der Waals surface area contributed by atoms with Gasteiger partial charge in [0.2, 0.25) is 5.56 Å². The molecule has 0 radical (unpaired) electrons. The van der Waals surface area contributed by atoms with E-state index in [-0.39, 0.29) is 23.5 Å². The first-order valence-electron chi connectivity index (χ1n) is 9.29. The topological polar surface area (TPSA) is 105 Å². The first-order valence-corrected chi connectivity index (χ1v) is 10.1. The first-order chi connectivity index (χ1) is 14.8. The van der Waals surface area contributed by atoms with Crippen molar-refractivity contribution in [2.45, 2.75) is 20.0 Å². The summed E-state index contributed by atoms with van der Waals surface area (Å²) < 4.78 is 15.5. The number of hydrogen-bond donors (Lipinski definition) is 2. The Morgan fingerprint density at radius 2 is 1.81 bits per heavy atom. The molecule has 0 aliphatic heterocycles. The van der Waals surface area contributed by atoms with Crippen molar-refractivity contribution in [3.05, 3.63) is 107 Å². The van der Waals surface area contributed by atoms with Crippen LogP contribution >= 0.6 is 11.3 Å². The van der Waals surface area contributed by atoms with E-state index in [9.17, 15) is 23.6 Å².